The lowest BCUT2D eigenvalue weighted by Crippen LogP contribution is -2.74. The number of ether oxygens (including phenoxy) is 1. The van der Waals surface area contributed by atoms with Crippen molar-refractivity contribution < 1.29 is 14.3 Å². The van der Waals surface area contributed by atoms with Crippen molar-refractivity contribution in [3.63, 3.8) is 0 Å². The first kappa shape index (κ1) is 15.1. The number of nitrogens with zero attached hydrogens (tertiary/aromatic N) is 2. The van der Waals surface area contributed by atoms with Crippen molar-refractivity contribution in [2.75, 3.05) is 32.8 Å². The molecule has 2 amide bonds. The van der Waals surface area contributed by atoms with E-state index in [-0.39, 0.29) is 22.8 Å². The molecule has 0 unspecified atom stereocenters. The van der Waals surface area contributed by atoms with Gasteiger partial charge in [-0.05, 0) is 6.42 Å². The van der Waals surface area contributed by atoms with Gasteiger partial charge in [0.25, 0.3) is 0 Å². The molecule has 0 atom stereocenters. The highest BCUT2D eigenvalue weighted by Crippen LogP contribution is 2.41. The number of hydrogen-bond acceptors (Lipinski definition) is 3. The molecule has 114 valence electrons. The van der Waals surface area contributed by atoms with Crippen LogP contribution in [0.15, 0.2) is 0 Å². The molecule has 2 fully saturated rings. The molecule has 2 aliphatic rings. The Balaban J connectivity index is 1.70. The minimum absolute atomic E-state index is 0.144. The van der Waals surface area contributed by atoms with Gasteiger partial charge in [0.15, 0.2) is 0 Å². The fourth-order valence-corrected chi connectivity index (χ4v) is 2.87. The lowest BCUT2D eigenvalue weighted by atomic mass is 9.72. The van der Waals surface area contributed by atoms with Gasteiger partial charge >= 0.3 is 6.09 Å². The number of rotatable bonds is 3. The Morgan fingerprint density at radius 3 is 2.15 bits per heavy atom. The van der Waals surface area contributed by atoms with Crippen molar-refractivity contribution in [1.29, 1.82) is 0 Å². The minimum Gasteiger partial charge on any atom is -0.449 e. The number of unbranched alkanes of at least 4 members (excludes halogenated alkanes) is 1. The third-order valence-corrected chi connectivity index (χ3v) is 4.02. The minimum atomic E-state index is -0.315. The van der Waals surface area contributed by atoms with Crippen LogP contribution >= 0.6 is 0 Å². The molecule has 5 heteroatoms. The van der Waals surface area contributed by atoms with E-state index < -0.39 is 0 Å². The summed E-state index contributed by atoms with van der Waals surface area (Å²) in [6, 6.07) is 0. The van der Waals surface area contributed by atoms with Gasteiger partial charge in [0.2, 0.25) is 5.91 Å². The summed E-state index contributed by atoms with van der Waals surface area (Å²) in [5, 5.41) is 0. The molecular weight excluding hydrogens is 256 g/mol. The Kier molecular flexibility index (Phi) is 3.98. The van der Waals surface area contributed by atoms with E-state index in [2.05, 4.69) is 6.92 Å². The van der Waals surface area contributed by atoms with E-state index in [4.69, 9.17) is 4.74 Å². The molecule has 2 heterocycles. The maximum atomic E-state index is 12.1. The second-order valence-corrected chi connectivity index (χ2v) is 7.24. The largest absolute Gasteiger partial charge is 0.449 e. The number of likely N-dealkylation sites (tertiary alicyclic amines) is 2. The third-order valence-electron chi connectivity index (χ3n) is 4.02. The number of amides is 2. The molecule has 0 aliphatic carbocycles. The molecular formula is C15H26N2O3. The van der Waals surface area contributed by atoms with Crippen LogP contribution in [0.5, 0.6) is 0 Å². The van der Waals surface area contributed by atoms with E-state index in [0.717, 1.165) is 39.0 Å². The second kappa shape index (κ2) is 5.26. The van der Waals surface area contributed by atoms with Crippen molar-refractivity contribution in [2.45, 2.75) is 40.5 Å². The highest BCUT2D eigenvalue weighted by Gasteiger charge is 2.55. The number of carbonyl (C=O) groups excluding carboxylic acids is 2. The molecule has 0 saturated carbocycles. The number of carbonyl (C=O) groups is 2. The molecule has 2 saturated heterocycles. The average molecular weight is 282 g/mol. The highest BCUT2D eigenvalue weighted by molar-refractivity contribution is 5.82. The molecule has 20 heavy (non-hydrogen) atoms. The van der Waals surface area contributed by atoms with Crippen LogP contribution in [-0.2, 0) is 9.53 Å². The fourth-order valence-electron chi connectivity index (χ4n) is 2.87. The zero-order chi connectivity index (χ0) is 15.0. The van der Waals surface area contributed by atoms with Crippen LogP contribution in [-0.4, -0.2) is 54.6 Å². The van der Waals surface area contributed by atoms with Crippen molar-refractivity contribution >= 4 is 12.0 Å². The molecule has 0 N–H and O–H groups in total. The molecule has 1 spiro atoms. The SMILES string of the molecule is CCCCOC(=O)N1CC2(C1)CN(C(=O)C(C)(C)C)C2. The Labute approximate surface area is 121 Å². The summed E-state index contributed by atoms with van der Waals surface area (Å²) in [6.07, 6.45) is 1.74. The Morgan fingerprint density at radius 1 is 1.10 bits per heavy atom. The monoisotopic (exact) mass is 282 g/mol. The number of hydrogen-bond donors (Lipinski definition) is 0. The van der Waals surface area contributed by atoms with Crippen molar-refractivity contribution in [3.05, 3.63) is 0 Å². The summed E-state index contributed by atoms with van der Waals surface area (Å²) in [7, 11) is 0. The third kappa shape index (κ3) is 2.91. The molecule has 0 radical (unpaired) electrons. The van der Waals surface area contributed by atoms with Crippen molar-refractivity contribution in [3.8, 4) is 0 Å². The van der Waals surface area contributed by atoms with Gasteiger partial charge in [0.05, 0.1) is 6.61 Å². The molecule has 0 aromatic heterocycles. The second-order valence-electron chi connectivity index (χ2n) is 7.24. The molecule has 5 nitrogen and oxygen atoms in total. The maximum absolute atomic E-state index is 12.1. The summed E-state index contributed by atoms with van der Waals surface area (Å²) in [4.78, 5) is 27.5. The Bertz CT molecular complexity index is 386. The summed E-state index contributed by atoms with van der Waals surface area (Å²) >= 11 is 0. The standard InChI is InChI=1S/C15H26N2O3/c1-5-6-7-20-13(19)17-10-15(11-17)8-16(9-15)12(18)14(2,3)4/h5-11H2,1-4H3. The van der Waals surface area contributed by atoms with Gasteiger partial charge in [-0.15, -0.1) is 0 Å². The quantitative estimate of drug-likeness (QED) is 0.745. The van der Waals surface area contributed by atoms with Crippen molar-refractivity contribution in [1.82, 2.24) is 9.80 Å². The molecule has 0 aromatic rings. The summed E-state index contributed by atoms with van der Waals surface area (Å²) in [5.74, 6) is 0.201. The lowest BCUT2D eigenvalue weighted by Gasteiger charge is -2.60. The Hall–Kier alpha value is -1.26. The summed E-state index contributed by atoms with van der Waals surface area (Å²) < 4.78 is 5.18. The van der Waals surface area contributed by atoms with E-state index in [1.807, 2.05) is 25.7 Å². The van der Waals surface area contributed by atoms with E-state index in [1.54, 1.807) is 4.90 Å². The first-order valence-electron chi connectivity index (χ1n) is 7.48. The van der Waals surface area contributed by atoms with Gasteiger partial charge in [0, 0.05) is 37.0 Å². The van der Waals surface area contributed by atoms with E-state index in [0.29, 0.717) is 6.61 Å². The van der Waals surface area contributed by atoms with E-state index in [9.17, 15) is 9.59 Å². The molecule has 2 rings (SSSR count). The van der Waals surface area contributed by atoms with Gasteiger partial charge in [-0.3, -0.25) is 4.79 Å². The average Bonchev–Trinajstić information content (AvgIpc) is 2.24. The zero-order valence-corrected chi connectivity index (χ0v) is 13.1. The van der Waals surface area contributed by atoms with Crippen LogP contribution in [0.2, 0.25) is 0 Å². The molecule has 0 bridgehead atoms. The van der Waals surface area contributed by atoms with E-state index >= 15 is 0 Å². The Morgan fingerprint density at radius 2 is 1.65 bits per heavy atom. The normalized spacial score (nSPS) is 20.4. The van der Waals surface area contributed by atoms with Gasteiger partial charge in [-0.1, -0.05) is 34.1 Å². The predicted octanol–water partition coefficient (Wildman–Crippen LogP) is 2.11. The lowest BCUT2D eigenvalue weighted by molar-refractivity contribution is -0.163. The molecule has 2 aliphatic heterocycles. The van der Waals surface area contributed by atoms with E-state index in [1.165, 1.54) is 0 Å². The van der Waals surface area contributed by atoms with Gasteiger partial charge in [-0.2, -0.15) is 0 Å². The highest BCUT2D eigenvalue weighted by atomic mass is 16.6. The zero-order valence-electron chi connectivity index (χ0n) is 13.1. The maximum Gasteiger partial charge on any atom is 0.409 e. The first-order chi connectivity index (χ1) is 9.27. The van der Waals surface area contributed by atoms with Crippen LogP contribution < -0.4 is 0 Å². The first-order valence-corrected chi connectivity index (χ1v) is 7.48. The summed E-state index contributed by atoms with van der Waals surface area (Å²) in [6.45, 7) is 11.4. The van der Waals surface area contributed by atoms with Crippen LogP contribution in [0, 0.1) is 10.8 Å². The van der Waals surface area contributed by atoms with Crippen LogP contribution in [0.4, 0.5) is 4.79 Å². The molecule has 0 aromatic carbocycles. The van der Waals surface area contributed by atoms with Gasteiger partial charge < -0.3 is 14.5 Å². The smallest absolute Gasteiger partial charge is 0.409 e. The fraction of sp³-hybridized carbons (Fsp3) is 0.867. The van der Waals surface area contributed by atoms with Crippen LogP contribution in [0.1, 0.15) is 40.5 Å². The topological polar surface area (TPSA) is 49.9 Å². The van der Waals surface area contributed by atoms with Gasteiger partial charge in [0.1, 0.15) is 0 Å². The van der Waals surface area contributed by atoms with Crippen molar-refractivity contribution in [2.24, 2.45) is 10.8 Å². The van der Waals surface area contributed by atoms with Crippen LogP contribution in [0.25, 0.3) is 0 Å². The van der Waals surface area contributed by atoms with Crippen LogP contribution in [0.3, 0.4) is 0 Å². The van der Waals surface area contributed by atoms with Gasteiger partial charge in [-0.25, -0.2) is 4.79 Å². The predicted molar refractivity (Wildman–Crippen MR) is 76.3 cm³/mol. The summed E-state index contributed by atoms with van der Waals surface area (Å²) in [5.41, 5.74) is -0.172.